The standard InChI is InChI=1S/C21H31N3O5/c1-12(2)22-20(28)24-17(25)14(4)29-19(27)13(3)23-18(26)15-8-10-16(11-9-15)21(5,6)7/h8-14H,1-7H3,(H,23,26)(H2,22,24,25,28)/t13-,14+/m0/s1. The molecule has 0 spiro atoms. The third-order valence-corrected chi connectivity index (χ3v) is 4.03. The summed E-state index contributed by atoms with van der Waals surface area (Å²) in [5, 5.41) is 7.12. The van der Waals surface area contributed by atoms with Crippen LogP contribution < -0.4 is 16.0 Å². The average molecular weight is 405 g/mol. The highest BCUT2D eigenvalue weighted by Crippen LogP contribution is 2.22. The summed E-state index contributed by atoms with van der Waals surface area (Å²) in [6.45, 7) is 12.5. The zero-order valence-corrected chi connectivity index (χ0v) is 18.1. The summed E-state index contributed by atoms with van der Waals surface area (Å²) in [5.74, 6) is -1.97. The van der Waals surface area contributed by atoms with E-state index in [-0.39, 0.29) is 11.5 Å². The molecule has 0 aromatic heterocycles. The van der Waals surface area contributed by atoms with Crippen molar-refractivity contribution in [2.45, 2.75) is 72.1 Å². The normalized spacial score (nSPS) is 13.2. The lowest BCUT2D eigenvalue weighted by Gasteiger charge is -2.20. The van der Waals surface area contributed by atoms with Crippen molar-refractivity contribution < 1.29 is 23.9 Å². The van der Waals surface area contributed by atoms with E-state index in [1.807, 2.05) is 12.1 Å². The molecule has 3 N–H and O–H groups in total. The van der Waals surface area contributed by atoms with Gasteiger partial charge in [-0.1, -0.05) is 32.9 Å². The Hall–Kier alpha value is -2.90. The molecule has 0 unspecified atom stereocenters. The smallest absolute Gasteiger partial charge is 0.329 e. The van der Waals surface area contributed by atoms with Crippen molar-refractivity contribution in [3.05, 3.63) is 35.4 Å². The second-order valence-electron chi connectivity index (χ2n) is 8.22. The molecule has 1 rings (SSSR count). The topological polar surface area (TPSA) is 114 Å². The Kier molecular flexibility index (Phi) is 8.36. The van der Waals surface area contributed by atoms with Crippen LogP contribution in [-0.4, -0.2) is 42.0 Å². The quantitative estimate of drug-likeness (QED) is 0.628. The third kappa shape index (κ3) is 7.93. The van der Waals surface area contributed by atoms with Gasteiger partial charge >= 0.3 is 12.0 Å². The number of carbonyl (C=O) groups is 4. The van der Waals surface area contributed by atoms with Gasteiger partial charge in [0.15, 0.2) is 6.10 Å². The molecule has 4 amide bonds. The molecule has 160 valence electrons. The summed E-state index contributed by atoms with van der Waals surface area (Å²) in [4.78, 5) is 47.9. The van der Waals surface area contributed by atoms with Gasteiger partial charge in [-0.2, -0.15) is 0 Å². The van der Waals surface area contributed by atoms with Gasteiger partial charge in [-0.25, -0.2) is 9.59 Å². The predicted molar refractivity (Wildman–Crippen MR) is 109 cm³/mol. The number of esters is 1. The fourth-order valence-corrected chi connectivity index (χ4v) is 2.30. The van der Waals surface area contributed by atoms with Gasteiger partial charge in [-0.3, -0.25) is 14.9 Å². The molecule has 0 aliphatic rings. The van der Waals surface area contributed by atoms with E-state index < -0.39 is 36.0 Å². The average Bonchev–Trinajstić information content (AvgIpc) is 2.59. The maximum Gasteiger partial charge on any atom is 0.329 e. The van der Waals surface area contributed by atoms with Gasteiger partial charge in [-0.15, -0.1) is 0 Å². The summed E-state index contributed by atoms with van der Waals surface area (Å²) in [6.07, 6.45) is -1.19. The van der Waals surface area contributed by atoms with Crippen LogP contribution in [0.5, 0.6) is 0 Å². The Balaban J connectivity index is 2.59. The largest absolute Gasteiger partial charge is 0.451 e. The summed E-state index contributed by atoms with van der Waals surface area (Å²) in [6, 6.07) is 5.33. The van der Waals surface area contributed by atoms with Crippen LogP contribution in [0.4, 0.5) is 4.79 Å². The van der Waals surface area contributed by atoms with Gasteiger partial charge in [0.1, 0.15) is 6.04 Å². The van der Waals surface area contributed by atoms with Crippen LogP contribution in [0.25, 0.3) is 0 Å². The number of hydrogen-bond donors (Lipinski definition) is 3. The highest BCUT2D eigenvalue weighted by Gasteiger charge is 2.25. The molecule has 0 aliphatic heterocycles. The van der Waals surface area contributed by atoms with Gasteiger partial charge in [0, 0.05) is 11.6 Å². The number of nitrogens with one attached hydrogen (secondary N) is 3. The first-order valence-electron chi connectivity index (χ1n) is 9.54. The number of benzene rings is 1. The van der Waals surface area contributed by atoms with Crippen molar-refractivity contribution in [1.29, 1.82) is 0 Å². The minimum atomic E-state index is -1.19. The predicted octanol–water partition coefficient (Wildman–Crippen LogP) is 2.27. The van der Waals surface area contributed by atoms with Gasteiger partial charge in [0.25, 0.3) is 11.8 Å². The summed E-state index contributed by atoms with van der Waals surface area (Å²) in [7, 11) is 0. The van der Waals surface area contributed by atoms with Crippen molar-refractivity contribution in [2.24, 2.45) is 0 Å². The van der Waals surface area contributed by atoms with Crippen molar-refractivity contribution in [3.63, 3.8) is 0 Å². The Labute approximate surface area is 171 Å². The van der Waals surface area contributed by atoms with Gasteiger partial charge < -0.3 is 15.4 Å². The molecule has 0 radical (unpaired) electrons. The minimum Gasteiger partial charge on any atom is -0.451 e. The molecular formula is C21H31N3O5. The van der Waals surface area contributed by atoms with Crippen molar-refractivity contribution in [1.82, 2.24) is 16.0 Å². The van der Waals surface area contributed by atoms with Gasteiger partial charge in [-0.05, 0) is 50.8 Å². The Morgan fingerprint density at radius 3 is 1.93 bits per heavy atom. The van der Waals surface area contributed by atoms with Gasteiger partial charge in [0.2, 0.25) is 0 Å². The fourth-order valence-electron chi connectivity index (χ4n) is 2.30. The number of ether oxygens (including phenoxy) is 1. The molecule has 0 fully saturated rings. The minimum absolute atomic E-state index is 0.0329. The highest BCUT2D eigenvalue weighted by molar-refractivity contribution is 5.98. The lowest BCUT2D eigenvalue weighted by Crippen LogP contribution is -2.48. The Bertz CT molecular complexity index is 751. The van der Waals surface area contributed by atoms with Crippen LogP contribution in [0.3, 0.4) is 0 Å². The Morgan fingerprint density at radius 2 is 1.45 bits per heavy atom. The fraction of sp³-hybridized carbons (Fsp3) is 0.524. The number of hydrogen-bond acceptors (Lipinski definition) is 5. The molecule has 0 bridgehead atoms. The molecule has 0 heterocycles. The second-order valence-corrected chi connectivity index (χ2v) is 8.22. The van der Waals surface area contributed by atoms with E-state index in [9.17, 15) is 19.2 Å². The van der Waals surface area contributed by atoms with Crippen LogP contribution in [0.15, 0.2) is 24.3 Å². The first-order chi connectivity index (χ1) is 13.3. The van der Waals surface area contributed by atoms with Crippen molar-refractivity contribution >= 4 is 23.8 Å². The molecule has 0 saturated heterocycles. The van der Waals surface area contributed by atoms with E-state index in [0.29, 0.717) is 5.56 Å². The lowest BCUT2D eigenvalue weighted by molar-refractivity contribution is -0.155. The molecule has 8 heteroatoms. The molecule has 1 aromatic carbocycles. The number of urea groups is 1. The van der Waals surface area contributed by atoms with Crippen molar-refractivity contribution in [2.75, 3.05) is 0 Å². The number of amides is 4. The van der Waals surface area contributed by atoms with E-state index in [2.05, 4.69) is 36.7 Å². The zero-order chi connectivity index (χ0) is 22.4. The molecule has 0 saturated carbocycles. The van der Waals surface area contributed by atoms with E-state index >= 15 is 0 Å². The monoisotopic (exact) mass is 405 g/mol. The van der Waals surface area contributed by atoms with E-state index in [4.69, 9.17) is 4.74 Å². The van der Waals surface area contributed by atoms with Crippen LogP contribution in [-0.2, 0) is 19.7 Å². The number of imide groups is 1. The SMILES string of the molecule is CC(C)NC(=O)NC(=O)[C@@H](C)OC(=O)[C@H](C)NC(=O)c1ccc(C(C)(C)C)cc1. The van der Waals surface area contributed by atoms with Gasteiger partial charge in [0.05, 0.1) is 0 Å². The van der Waals surface area contributed by atoms with Crippen molar-refractivity contribution in [3.8, 4) is 0 Å². The third-order valence-electron chi connectivity index (χ3n) is 4.03. The highest BCUT2D eigenvalue weighted by atomic mass is 16.5. The maximum atomic E-state index is 12.3. The van der Waals surface area contributed by atoms with Crippen LogP contribution >= 0.6 is 0 Å². The first kappa shape index (κ1) is 24.1. The van der Waals surface area contributed by atoms with E-state index in [1.54, 1.807) is 26.0 Å². The van der Waals surface area contributed by atoms with E-state index in [1.165, 1.54) is 13.8 Å². The van der Waals surface area contributed by atoms with Crippen LogP contribution in [0.1, 0.15) is 64.4 Å². The zero-order valence-electron chi connectivity index (χ0n) is 18.1. The maximum absolute atomic E-state index is 12.3. The van der Waals surface area contributed by atoms with Crippen LogP contribution in [0, 0.1) is 0 Å². The second kappa shape index (κ2) is 10.0. The van der Waals surface area contributed by atoms with Crippen LogP contribution in [0.2, 0.25) is 0 Å². The molecule has 8 nitrogen and oxygen atoms in total. The molecular weight excluding hydrogens is 374 g/mol. The summed E-state index contributed by atoms with van der Waals surface area (Å²) in [5.41, 5.74) is 1.46. The number of carbonyl (C=O) groups excluding carboxylic acids is 4. The lowest BCUT2D eigenvalue weighted by atomic mass is 9.86. The molecule has 0 aliphatic carbocycles. The molecule has 29 heavy (non-hydrogen) atoms. The molecule has 2 atom stereocenters. The number of rotatable bonds is 6. The summed E-state index contributed by atoms with van der Waals surface area (Å²) < 4.78 is 5.03. The first-order valence-corrected chi connectivity index (χ1v) is 9.54. The van der Waals surface area contributed by atoms with E-state index in [0.717, 1.165) is 5.56 Å². The molecule has 1 aromatic rings. The summed E-state index contributed by atoms with van der Waals surface area (Å²) >= 11 is 0. The Morgan fingerprint density at radius 1 is 0.897 bits per heavy atom.